The van der Waals surface area contributed by atoms with Gasteiger partial charge in [-0.05, 0) is 23.8 Å². The molecule has 0 aliphatic carbocycles. The van der Waals surface area contributed by atoms with Crippen molar-refractivity contribution in [3.05, 3.63) is 28.8 Å². The van der Waals surface area contributed by atoms with Crippen molar-refractivity contribution < 1.29 is 22.0 Å². The van der Waals surface area contributed by atoms with Crippen LogP contribution < -0.4 is 11.5 Å². The number of hydrogen-bond donors (Lipinski definition) is 2. The highest BCUT2D eigenvalue weighted by Crippen LogP contribution is 2.44. The van der Waals surface area contributed by atoms with Crippen molar-refractivity contribution in [2.24, 2.45) is 5.73 Å². The lowest BCUT2D eigenvalue weighted by Gasteiger charge is -2.26. The summed E-state index contributed by atoms with van der Waals surface area (Å²) < 4.78 is 62.2. The summed E-state index contributed by atoms with van der Waals surface area (Å²) in [4.78, 5) is 0. The second-order valence-electron chi connectivity index (χ2n) is 3.37. The zero-order valence-corrected chi connectivity index (χ0v) is 8.99. The number of nitrogens with two attached hydrogens (primary N) is 2. The third-order valence-corrected chi connectivity index (χ3v) is 2.39. The normalized spacial score (nSPS) is 14.8. The van der Waals surface area contributed by atoms with Crippen molar-refractivity contribution in [1.82, 2.24) is 0 Å². The molecule has 0 aromatic heterocycles. The van der Waals surface area contributed by atoms with Gasteiger partial charge in [-0.3, -0.25) is 0 Å². The second-order valence-corrected chi connectivity index (χ2v) is 3.81. The van der Waals surface area contributed by atoms with Gasteiger partial charge in [0.25, 0.3) is 0 Å². The van der Waals surface area contributed by atoms with Crippen molar-refractivity contribution in [2.45, 2.75) is 18.1 Å². The number of nitrogen functional groups attached to an aromatic ring is 1. The van der Waals surface area contributed by atoms with Crippen LogP contribution in [0.15, 0.2) is 18.2 Å². The zero-order valence-electron chi connectivity index (χ0n) is 8.23. The van der Waals surface area contributed by atoms with E-state index in [1.807, 2.05) is 0 Å². The lowest BCUT2D eigenvalue weighted by atomic mass is 9.99. The first kappa shape index (κ1) is 14.0. The van der Waals surface area contributed by atoms with E-state index in [9.17, 15) is 22.0 Å². The van der Waals surface area contributed by atoms with Gasteiger partial charge in [0.1, 0.15) is 6.04 Å². The fraction of sp³-hybridized carbons (Fsp3) is 0.333. The first-order valence-electron chi connectivity index (χ1n) is 4.32. The van der Waals surface area contributed by atoms with E-state index in [4.69, 9.17) is 23.1 Å². The molecule has 0 saturated carbocycles. The average Bonchev–Trinajstić information content (AvgIpc) is 2.19. The first-order valence-corrected chi connectivity index (χ1v) is 4.70. The second kappa shape index (κ2) is 4.30. The quantitative estimate of drug-likeness (QED) is 0.643. The van der Waals surface area contributed by atoms with Crippen LogP contribution >= 0.6 is 11.6 Å². The standard InChI is InChI=1S/C9H8ClF5N2/c10-4-1-2-6(16)5(3-4)7(17)8(11,12)9(13,14)15/h1-3,7H,16-17H2/t7-/m0/s1. The summed E-state index contributed by atoms with van der Waals surface area (Å²) in [6.07, 6.45) is -5.75. The van der Waals surface area contributed by atoms with Crippen LogP contribution in [0.2, 0.25) is 5.02 Å². The van der Waals surface area contributed by atoms with Crippen LogP contribution in [-0.2, 0) is 0 Å². The van der Waals surface area contributed by atoms with E-state index in [1.165, 1.54) is 6.07 Å². The van der Waals surface area contributed by atoms with Gasteiger partial charge in [-0.2, -0.15) is 22.0 Å². The Kier molecular flexibility index (Phi) is 3.54. The van der Waals surface area contributed by atoms with E-state index in [-0.39, 0.29) is 10.7 Å². The smallest absolute Gasteiger partial charge is 0.398 e. The van der Waals surface area contributed by atoms with E-state index in [0.717, 1.165) is 12.1 Å². The molecule has 0 amide bonds. The number of halogens is 6. The number of benzene rings is 1. The van der Waals surface area contributed by atoms with Gasteiger partial charge in [0, 0.05) is 10.7 Å². The van der Waals surface area contributed by atoms with Gasteiger partial charge in [0.05, 0.1) is 0 Å². The summed E-state index contributed by atoms with van der Waals surface area (Å²) in [7, 11) is 0. The molecular formula is C9H8ClF5N2. The summed E-state index contributed by atoms with van der Waals surface area (Å²) in [5.41, 5.74) is 9.40. The Labute approximate surface area is 98.3 Å². The molecule has 17 heavy (non-hydrogen) atoms. The van der Waals surface area contributed by atoms with Crippen LogP contribution in [0.3, 0.4) is 0 Å². The van der Waals surface area contributed by atoms with Gasteiger partial charge in [-0.15, -0.1) is 0 Å². The maximum absolute atomic E-state index is 13.0. The van der Waals surface area contributed by atoms with Crippen molar-refractivity contribution in [2.75, 3.05) is 5.73 Å². The molecule has 0 saturated heterocycles. The minimum Gasteiger partial charge on any atom is -0.398 e. The molecule has 1 aromatic carbocycles. The van der Waals surface area contributed by atoms with Crippen LogP contribution in [0.1, 0.15) is 11.6 Å². The maximum atomic E-state index is 13.0. The molecule has 8 heteroatoms. The molecule has 0 fully saturated rings. The Morgan fingerprint density at radius 2 is 1.65 bits per heavy atom. The summed E-state index contributed by atoms with van der Waals surface area (Å²) >= 11 is 5.49. The molecule has 1 aromatic rings. The minimum absolute atomic E-state index is 0.0253. The lowest BCUT2D eigenvalue weighted by Crippen LogP contribution is -2.46. The first-order chi connectivity index (χ1) is 7.57. The van der Waals surface area contributed by atoms with E-state index in [1.54, 1.807) is 0 Å². The van der Waals surface area contributed by atoms with Gasteiger partial charge in [0.2, 0.25) is 0 Å². The topological polar surface area (TPSA) is 52.0 Å². The lowest BCUT2D eigenvalue weighted by molar-refractivity contribution is -0.290. The Balaban J connectivity index is 3.21. The molecule has 0 radical (unpaired) electrons. The third-order valence-electron chi connectivity index (χ3n) is 2.15. The summed E-state index contributed by atoms with van der Waals surface area (Å²) in [5, 5.41) is -0.0253. The highest BCUT2D eigenvalue weighted by atomic mass is 35.5. The van der Waals surface area contributed by atoms with E-state index < -0.39 is 23.7 Å². The Bertz CT molecular complexity index is 418. The van der Waals surface area contributed by atoms with Crippen LogP contribution in [0.4, 0.5) is 27.6 Å². The predicted octanol–water partition coefficient (Wildman–Crippen LogP) is 3.12. The zero-order chi connectivity index (χ0) is 13.4. The Morgan fingerprint density at radius 1 is 1.12 bits per heavy atom. The molecule has 0 heterocycles. The maximum Gasteiger partial charge on any atom is 0.455 e. The van der Waals surface area contributed by atoms with Crippen LogP contribution in [0.25, 0.3) is 0 Å². The van der Waals surface area contributed by atoms with Gasteiger partial charge in [-0.25, -0.2) is 0 Å². The van der Waals surface area contributed by atoms with Crippen molar-refractivity contribution in [3.8, 4) is 0 Å². The molecule has 1 rings (SSSR count). The molecule has 0 aliphatic heterocycles. The Morgan fingerprint density at radius 3 is 2.12 bits per heavy atom. The summed E-state index contributed by atoms with van der Waals surface area (Å²) in [6, 6.07) is 0.672. The summed E-state index contributed by atoms with van der Waals surface area (Å²) in [5.74, 6) is -5.08. The molecule has 0 spiro atoms. The van der Waals surface area contributed by atoms with E-state index in [0.29, 0.717) is 0 Å². The van der Waals surface area contributed by atoms with Crippen LogP contribution in [0, 0.1) is 0 Å². The van der Waals surface area contributed by atoms with E-state index in [2.05, 4.69) is 0 Å². The highest BCUT2D eigenvalue weighted by Gasteiger charge is 2.62. The van der Waals surface area contributed by atoms with Crippen molar-refractivity contribution in [1.29, 1.82) is 0 Å². The van der Waals surface area contributed by atoms with Crippen LogP contribution in [-0.4, -0.2) is 12.1 Å². The number of alkyl halides is 5. The molecule has 4 N–H and O–H groups in total. The Hall–Kier alpha value is -1.08. The number of rotatable bonds is 2. The SMILES string of the molecule is Nc1ccc(Cl)cc1[C@H](N)C(F)(F)C(F)(F)F. The fourth-order valence-corrected chi connectivity index (χ4v) is 1.37. The molecule has 2 nitrogen and oxygen atoms in total. The van der Waals surface area contributed by atoms with Gasteiger partial charge in [-0.1, -0.05) is 11.6 Å². The number of hydrogen-bond acceptors (Lipinski definition) is 2. The van der Waals surface area contributed by atoms with E-state index >= 15 is 0 Å². The molecular weight excluding hydrogens is 267 g/mol. The predicted molar refractivity (Wildman–Crippen MR) is 53.8 cm³/mol. The summed E-state index contributed by atoms with van der Waals surface area (Å²) in [6.45, 7) is 0. The molecule has 96 valence electrons. The van der Waals surface area contributed by atoms with Gasteiger partial charge < -0.3 is 11.5 Å². The third kappa shape index (κ3) is 2.61. The van der Waals surface area contributed by atoms with Crippen molar-refractivity contribution in [3.63, 3.8) is 0 Å². The minimum atomic E-state index is -5.75. The molecule has 0 aliphatic rings. The largest absolute Gasteiger partial charge is 0.455 e. The average molecular weight is 275 g/mol. The molecule has 0 unspecified atom stereocenters. The van der Waals surface area contributed by atoms with Crippen molar-refractivity contribution >= 4 is 17.3 Å². The highest BCUT2D eigenvalue weighted by molar-refractivity contribution is 6.30. The van der Waals surface area contributed by atoms with Crippen LogP contribution in [0.5, 0.6) is 0 Å². The number of anilines is 1. The van der Waals surface area contributed by atoms with Gasteiger partial charge >= 0.3 is 12.1 Å². The molecule has 0 bridgehead atoms. The fourth-order valence-electron chi connectivity index (χ4n) is 1.19. The molecule has 1 atom stereocenters. The van der Waals surface area contributed by atoms with Gasteiger partial charge in [0.15, 0.2) is 0 Å². The monoisotopic (exact) mass is 274 g/mol.